The van der Waals surface area contributed by atoms with Crippen molar-refractivity contribution in [1.82, 2.24) is 5.32 Å². The number of fused-ring (bicyclic) bond motifs is 1. The molecule has 0 unspecified atom stereocenters. The highest BCUT2D eigenvalue weighted by Gasteiger charge is 2.54. The molecular formula is C19H23NO3. The number of methoxy groups -OCH3 is 1. The quantitative estimate of drug-likeness (QED) is 0.868. The first-order chi connectivity index (χ1) is 11.2. The Bertz CT molecular complexity index is 610. The lowest BCUT2D eigenvalue weighted by molar-refractivity contribution is -0.158. The summed E-state index contributed by atoms with van der Waals surface area (Å²) >= 11 is 0. The maximum absolute atomic E-state index is 12.6. The molecule has 4 heteroatoms. The molecule has 0 amide bonds. The number of allylic oxidation sites excluding steroid dienone is 1. The third-order valence-electron chi connectivity index (χ3n) is 5.22. The summed E-state index contributed by atoms with van der Waals surface area (Å²) in [6, 6.07) is 10.1. The number of carbonyl (C=O) groups excluding carboxylic acids is 2. The fourth-order valence-electron chi connectivity index (χ4n) is 4.06. The Hall–Kier alpha value is -1.94. The second kappa shape index (κ2) is 6.67. The summed E-state index contributed by atoms with van der Waals surface area (Å²) in [5.74, 6) is -0.0794. The van der Waals surface area contributed by atoms with Crippen LogP contribution >= 0.6 is 0 Å². The number of ether oxygens (including phenoxy) is 1. The Morgan fingerprint density at radius 2 is 2.09 bits per heavy atom. The smallest absolute Gasteiger partial charge is 0.317 e. The number of benzene rings is 1. The first-order valence-corrected chi connectivity index (χ1v) is 8.24. The zero-order valence-electron chi connectivity index (χ0n) is 13.5. The molecular weight excluding hydrogens is 290 g/mol. The van der Waals surface area contributed by atoms with Crippen LogP contribution in [0.15, 0.2) is 42.5 Å². The first kappa shape index (κ1) is 15.9. The van der Waals surface area contributed by atoms with E-state index in [2.05, 4.69) is 17.4 Å². The van der Waals surface area contributed by atoms with E-state index in [9.17, 15) is 9.59 Å². The number of esters is 1. The molecule has 1 N–H and O–H groups in total. The molecule has 0 heterocycles. The highest BCUT2D eigenvalue weighted by Crippen LogP contribution is 2.47. The lowest BCUT2D eigenvalue weighted by atomic mass is 9.59. The number of hydrogen-bond donors (Lipinski definition) is 1. The molecule has 0 saturated heterocycles. The summed E-state index contributed by atoms with van der Waals surface area (Å²) in [6.07, 6.45) is 6.64. The van der Waals surface area contributed by atoms with E-state index in [0.29, 0.717) is 13.0 Å². The Morgan fingerprint density at radius 1 is 1.30 bits per heavy atom. The lowest BCUT2D eigenvalue weighted by Gasteiger charge is -2.47. The molecule has 1 aromatic carbocycles. The van der Waals surface area contributed by atoms with Crippen LogP contribution in [0.4, 0.5) is 0 Å². The zero-order chi connectivity index (χ0) is 16.3. The fourth-order valence-corrected chi connectivity index (χ4v) is 4.06. The Labute approximate surface area is 136 Å². The molecule has 0 aliphatic heterocycles. The van der Waals surface area contributed by atoms with Gasteiger partial charge in [-0.25, -0.2) is 0 Å². The molecule has 3 atom stereocenters. The van der Waals surface area contributed by atoms with Crippen molar-refractivity contribution in [2.45, 2.75) is 38.3 Å². The van der Waals surface area contributed by atoms with Crippen LogP contribution in [0.2, 0.25) is 0 Å². The van der Waals surface area contributed by atoms with Crippen molar-refractivity contribution >= 4 is 11.8 Å². The van der Waals surface area contributed by atoms with Crippen LogP contribution < -0.4 is 5.32 Å². The average Bonchev–Trinajstić information content (AvgIpc) is 2.59. The minimum absolute atomic E-state index is 0.00161. The molecule has 0 bridgehead atoms. The van der Waals surface area contributed by atoms with E-state index in [1.807, 2.05) is 18.2 Å². The summed E-state index contributed by atoms with van der Waals surface area (Å²) in [5, 5.41) is 3.54. The highest BCUT2D eigenvalue weighted by atomic mass is 16.5. The van der Waals surface area contributed by atoms with E-state index in [-0.39, 0.29) is 23.7 Å². The van der Waals surface area contributed by atoms with Crippen molar-refractivity contribution in [2.75, 3.05) is 7.11 Å². The predicted octanol–water partition coefficient (Wildman–Crippen LogP) is 2.63. The summed E-state index contributed by atoms with van der Waals surface area (Å²) in [7, 11) is 1.43. The van der Waals surface area contributed by atoms with Gasteiger partial charge in [-0.2, -0.15) is 0 Å². The van der Waals surface area contributed by atoms with Crippen molar-refractivity contribution < 1.29 is 14.3 Å². The van der Waals surface area contributed by atoms with Gasteiger partial charge in [-0.15, -0.1) is 0 Å². The van der Waals surface area contributed by atoms with Crippen LogP contribution in [0.5, 0.6) is 0 Å². The van der Waals surface area contributed by atoms with Gasteiger partial charge < -0.3 is 10.1 Å². The van der Waals surface area contributed by atoms with Gasteiger partial charge in [0.2, 0.25) is 0 Å². The molecule has 0 radical (unpaired) electrons. The Kier molecular flexibility index (Phi) is 4.62. The number of hydrogen-bond acceptors (Lipinski definition) is 4. The summed E-state index contributed by atoms with van der Waals surface area (Å²) in [5.41, 5.74) is 0.473. The fraction of sp³-hybridized carbons (Fsp3) is 0.474. The molecule has 0 aromatic heterocycles. The molecule has 0 spiro atoms. The summed E-state index contributed by atoms with van der Waals surface area (Å²) in [6.45, 7) is 0.707. The molecule has 2 aliphatic carbocycles. The third kappa shape index (κ3) is 2.95. The summed E-state index contributed by atoms with van der Waals surface area (Å²) in [4.78, 5) is 24.4. The third-order valence-corrected chi connectivity index (χ3v) is 5.22. The van der Waals surface area contributed by atoms with E-state index in [0.717, 1.165) is 19.3 Å². The van der Waals surface area contributed by atoms with E-state index < -0.39 is 5.41 Å². The standard InChI is InChI=1S/C19H23NO3/c1-23-18(22)19-11-10-16(21)12-15(19)8-5-9-17(19)20-13-14-6-3-2-4-7-14/h2-4,6-7,10-11,15,17,20H,5,8-9,12-13H2,1H3/t15-,17+,19-/m1/s1. The maximum atomic E-state index is 12.6. The van der Waals surface area contributed by atoms with E-state index in [1.54, 1.807) is 12.2 Å². The Morgan fingerprint density at radius 3 is 2.83 bits per heavy atom. The van der Waals surface area contributed by atoms with Crippen LogP contribution in [0.1, 0.15) is 31.2 Å². The normalized spacial score (nSPS) is 29.9. The molecule has 4 nitrogen and oxygen atoms in total. The van der Waals surface area contributed by atoms with Crippen molar-refractivity contribution in [1.29, 1.82) is 0 Å². The second-order valence-electron chi connectivity index (χ2n) is 6.48. The molecule has 1 saturated carbocycles. The number of carbonyl (C=O) groups is 2. The van der Waals surface area contributed by atoms with E-state index in [1.165, 1.54) is 12.7 Å². The van der Waals surface area contributed by atoms with E-state index >= 15 is 0 Å². The van der Waals surface area contributed by atoms with Crippen molar-refractivity contribution in [3.63, 3.8) is 0 Å². The van der Waals surface area contributed by atoms with Gasteiger partial charge in [-0.05, 0) is 30.4 Å². The van der Waals surface area contributed by atoms with Gasteiger partial charge in [0, 0.05) is 19.0 Å². The van der Waals surface area contributed by atoms with Crippen LogP contribution in [0.3, 0.4) is 0 Å². The largest absolute Gasteiger partial charge is 0.468 e. The average molecular weight is 313 g/mol. The SMILES string of the molecule is COC(=O)[C@]12C=CC(=O)C[C@H]1CCC[C@@H]2NCc1ccccc1. The van der Waals surface area contributed by atoms with Gasteiger partial charge in [0.15, 0.2) is 5.78 Å². The minimum Gasteiger partial charge on any atom is -0.468 e. The number of rotatable bonds is 4. The van der Waals surface area contributed by atoms with Gasteiger partial charge in [-0.3, -0.25) is 9.59 Å². The maximum Gasteiger partial charge on any atom is 0.317 e. The van der Waals surface area contributed by atoms with Crippen molar-refractivity contribution in [3.8, 4) is 0 Å². The molecule has 1 fully saturated rings. The van der Waals surface area contributed by atoms with Crippen LogP contribution in [0.25, 0.3) is 0 Å². The topological polar surface area (TPSA) is 55.4 Å². The minimum atomic E-state index is -0.713. The Balaban J connectivity index is 1.86. The first-order valence-electron chi connectivity index (χ1n) is 8.24. The molecule has 1 aromatic rings. The van der Waals surface area contributed by atoms with Gasteiger partial charge in [0.1, 0.15) is 5.41 Å². The second-order valence-corrected chi connectivity index (χ2v) is 6.48. The number of ketones is 1. The van der Waals surface area contributed by atoms with E-state index in [4.69, 9.17) is 4.74 Å². The van der Waals surface area contributed by atoms with Gasteiger partial charge in [0.05, 0.1) is 7.11 Å². The molecule has 23 heavy (non-hydrogen) atoms. The van der Waals surface area contributed by atoms with Crippen LogP contribution in [-0.2, 0) is 20.9 Å². The van der Waals surface area contributed by atoms with Crippen LogP contribution in [0, 0.1) is 11.3 Å². The van der Waals surface area contributed by atoms with Gasteiger partial charge in [-0.1, -0.05) is 42.8 Å². The number of nitrogens with one attached hydrogen (secondary N) is 1. The monoisotopic (exact) mass is 313 g/mol. The summed E-state index contributed by atoms with van der Waals surface area (Å²) < 4.78 is 5.13. The van der Waals surface area contributed by atoms with Crippen molar-refractivity contribution in [3.05, 3.63) is 48.0 Å². The van der Waals surface area contributed by atoms with Crippen molar-refractivity contribution in [2.24, 2.45) is 11.3 Å². The molecule has 3 rings (SSSR count). The van der Waals surface area contributed by atoms with Gasteiger partial charge in [0.25, 0.3) is 0 Å². The molecule has 122 valence electrons. The predicted molar refractivity (Wildman–Crippen MR) is 87.6 cm³/mol. The highest BCUT2D eigenvalue weighted by molar-refractivity contribution is 5.94. The molecule has 2 aliphatic rings. The lowest BCUT2D eigenvalue weighted by Crippen LogP contribution is -2.57. The van der Waals surface area contributed by atoms with Crippen LogP contribution in [-0.4, -0.2) is 24.9 Å². The van der Waals surface area contributed by atoms with Gasteiger partial charge >= 0.3 is 5.97 Å². The zero-order valence-corrected chi connectivity index (χ0v) is 13.5.